The Morgan fingerprint density at radius 2 is 1.88 bits per heavy atom. The fourth-order valence-corrected chi connectivity index (χ4v) is 3.01. The first-order valence-corrected chi connectivity index (χ1v) is 7.09. The molecule has 0 aromatic carbocycles. The van der Waals surface area contributed by atoms with Gasteiger partial charge in [-0.05, 0) is 56.4 Å². The molecule has 0 radical (unpaired) electrons. The lowest BCUT2D eigenvalue weighted by Gasteiger charge is -2.35. The van der Waals surface area contributed by atoms with Crippen LogP contribution in [-0.2, 0) is 0 Å². The normalized spacial score (nSPS) is 35.6. The fourth-order valence-electron chi connectivity index (χ4n) is 3.01. The molecule has 0 saturated heterocycles. The van der Waals surface area contributed by atoms with Gasteiger partial charge in [-0.2, -0.15) is 0 Å². The van der Waals surface area contributed by atoms with Crippen LogP contribution >= 0.6 is 0 Å². The van der Waals surface area contributed by atoms with Crippen LogP contribution in [0.25, 0.3) is 0 Å². The lowest BCUT2D eigenvalue weighted by atomic mass is 9.80. The average Bonchev–Trinajstić information content (AvgIpc) is 3.06. The van der Waals surface area contributed by atoms with Crippen LogP contribution < -0.4 is 0 Å². The highest BCUT2D eigenvalue weighted by molar-refractivity contribution is 4.83. The summed E-state index contributed by atoms with van der Waals surface area (Å²) < 4.78 is 0. The van der Waals surface area contributed by atoms with Crippen LogP contribution in [0, 0.1) is 17.8 Å². The third-order valence-corrected chi connectivity index (χ3v) is 4.36. The van der Waals surface area contributed by atoms with E-state index in [0.29, 0.717) is 5.92 Å². The van der Waals surface area contributed by atoms with E-state index < -0.39 is 0 Å². The van der Waals surface area contributed by atoms with Gasteiger partial charge in [0, 0.05) is 13.1 Å². The van der Waals surface area contributed by atoms with Crippen molar-refractivity contribution in [2.24, 2.45) is 17.8 Å². The quantitative estimate of drug-likeness (QED) is 0.777. The Bertz CT molecular complexity index is 215. The molecular weight excluding hydrogens is 198 g/mol. The molecular formula is C14H27NO. The largest absolute Gasteiger partial charge is 0.393 e. The molecule has 94 valence electrons. The van der Waals surface area contributed by atoms with Gasteiger partial charge in [0.15, 0.2) is 0 Å². The van der Waals surface area contributed by atoms with Gasteiger partial charge in [-0.25, -0.2) is 0 Å². The number of rotatable bonds is 5. The second kappa shape index (κ2) is 5.50. The standard InChI is InChI=1S/C14H27NO/c1-3-15(9-12-5-6-12)10-13-8-11(2)4-7-14(13)16/h11-14,16H,3-10H2,1-2H3. The molecule has 2 saturated carbocycles. The number of hydrogen-bond acceptors (Lipinski definition) is 2. The van der Waals surface area contributed by atoms with Gasteiger partial charge in [0.25, 0.3) is 0 Å². The Morgan fingerprint density at radius 3 is 2.50 bits per heavy atom. The molecule has 3 unspecified atom stereocenters. The summed E-state index contributed by atoms with van der Waals surface area (Å²) in [5, 5.41) is 10.1. The van der Waals surface area contributed by atoms with Crippen LogP contribution in [0.5, 0.6) is 0 Å². The zero-order valence-electron chi connectivity index (χ0n) is 10.9. The van der Waals surface area contributed by atoms with E-state index in [-0.39, 0.29) is 6.10 Å². The highest BCUT2D eigenvalue weighted by atomic mass is 16.3. The number of aliphatic hydroxyl groups is 1. The van der Waals surface area contributed by atoms with E-state index in [4.69, 9.17) is 0 Å². The van der Waals surface area contributed by atoms with Gasteiger partial charge in [0.1, 0.15) is 0 Å². The van der Waals surface area contributed by atoms with E-state index in [1.807, 2.05) is 0 Å². The van der Waals surface area contributed by atoms with Crippen molar-refractivity contribution in [3.8, 4) is 0 Å². The number of aliphatic hydroxyl groups excluding tert-OH is 1. The van der Waals surface area contributed by atoms with Crippen LogP contribution in [0.4, 0.5) is 0 Å². The molecule has 2 heteroatoms. The van der Waals surface area contributed by atoms with Crippen LogP contribution in [0.2, 0.25) is 0 Å². The maximum Gasteiger partial charge on any atom is 0.0580 e. The molecule has 16 heavy (non-hydrogen) atoms. The molecule has 2 rings (SSSR count). The molecule has 2 aliphatic rings. The summed E-state index contributed by atoms with van der Waals surface area (Å²) in [7, 11) is 0. The van der Waals surface area contributed by atoms with Gasteiger partial charge in [0.2, 0.25) is 0 Å². The van der Waals surface area contributed by atoms with Gasteiger partial charge in [-0.1, -0.05) is 13.8 Å². The third kappa shape index (κ3) is 3.46. The molecule has 0 amide bonds. The van der Waals surface area contributed by atoms with Crippen molar-refractivity contribution < 1.29 is 5.11 Å². The molecule has 0 aliphatic heterocycles. The van der Waals surface area contributed by atoms with Crippen LogP contribution in [0.15, 0.2) is 0 Å². The monoisotopic (exact) mass is 225 g/mol. The van der Waals surface area contributed by atoms with E-state index in [1.54, 1.807) is 0 Å². The third-order valence-electron chi connectivity index (χ3n) is 4.36. The van der Waals surface area contributed by atoms with Gasteiger partial charge in [0.05, 0.1) is 6.10 Å². The van der Waals surface area contributed by atoms with Crippen LogP contribution in [-0.4, -0.2) is 35.7 Å². The number of nitrogens with zero attached hydrogens (tertiary/aromatic N) is 1. The van der Waals surface area contributed by atoms with Gasteiger partial charge < -0.3 is 10.0 Å². The van der Waals surface area contributed by atoms with Crippen molar-refractivity contribution >= 4 is 0 Å². The Morgan fingerprint density at radius 1 is 1.12 bits per heavy atom. The summed E-state index contributed by atoms with van der Waals surface area (Å²) in [5.74, 6) is 2.31. The van der Waals surface area contributed by atoms with Gasteiger partial charge in [-0.3, -0.25) is 0 Å². The topological polar surface area (TPSA) is 23.5 Å². The highest BCUT2D eigenvalue weighted by Crippen LogP contribution is 2.32. The molecule has 0 aromatic rings. The minimum absolute atomic E-state index is 0.0375. The van der Waals surface area contributed by atoms with E-state index in [1.165, 1.54) is 32.2 Å². The summed E-state index contributed by atoms with van der Waals surface area (Å²) >= 11 is 0. The van der Waals surface area contributed by atoms with Gasteiger partial charge in [-0.15, -0.1) is 0 Å². The summed E-state index contributed by atoms with van der Waals surface area (Å²) in [6.45, 7) is 8.12. The lowest BCUT2D eigenvalue weighted by Crippen LogP contribution is -2.39. The summed E-state index contributed by atoms with van der Waals surface area (Å²) in [6.07, 6.45) is 6.28. The van der Waals surface area contributed by atoms with Crippen molar-refractivity contribution in [2.75, 3.05) is 19.6 Å². The van der Waals surface area contributed by atoms with Crippen molar-refractivity contribution in [2.45, 2.75) is 52.1 Å². The summed E-state index contributed by atoms with van der Waals surface area (Å²) in [5.41, 5.74) is 0. The molecule has 2 fully saturated rings. The van der Waals surface area contributed by atoms with Crippen LogP contribution in [0.3, 0.4) is 0 Å². The molecule has 0 aromatic heterocycles. The molecule has 0 spiro atoms. The van der Waals surface area contributed by atoms with E-state index in [9.17, 15) is 5.11 Å². The smallest absolute Gasteiger partial charge is 0.0580 e. The van der Waals surface area contributed by atoms with Crippen molar-refractivity contribution in [3.63, 3.8) is 0 Å². The molecule has 2 nitrogen and oxygen atoms in total. The predicted octanol–water partition coefficient (Wildman–Crippen LogP) is 2.52. The Hall–Kier alpha value is -0.0800. The van der Waals surface area contributed by atoms with E-state index in [0.717, 1.165) is 31.3 Å². The second-order valence-electron chi connectivity index (χ2n) is 6.04. The second-order valence-corrected chi connectivity index (χ2v) is 6.04. The SMILES string of the molecule is CCN(CC1CC1)CC1CC(C)CCC1O. The molecule has 2 aliphatic carbocycles. The fraction of sp³-hybridized carbons (Fsp3) is 1.00. The van der Waals surface area contributed by atoms with Crippen molar-refractivity contribution in [1.82, 2.24) is 4.90 Å². The zero-order valence-corrected chi connectivity index (χ0v) is 10.9. The first-order chi connectivity index (χ1) is 7.69. The predicted molar refractivity (Wildman–Crippen MR) is 67.3 cm³/mol. The average molecular weight is 225 g/mol. The zero-order chi connectivity index (χ0) is 11.5. The minimum Gasteiger partial charge on any atom is -0.393 e. The number of hydrogen-bond donors (Lipinski definition) is 1. The summed E-state index contributed by atoms with van der Waals surface area (Å²) in [4.78, 5) is 2.56. The first-order valence-electron chi connectivity index (χ1n) is 7.09. The van der Waals surface area contributed by atoms with Crippen molar-refractivity contribution in [1.29, 1.82) is 0 Å². The summed E-state index contributed by atoms with van der Waals surface area (Å²) in [6, 6.07) is 0. The highest BCUT2D eigenvalue weighted by Gasteiger charge is 2.30. The lowest BCUT2D eigenvalue weighted by molar-refractivity contribution is 0.0306. The molecule has 3 atom stereocenters. The van der Waals surface area contributed by atoms with Crippen LogP contribution in [0.1, 0.15) is 46.0 Å². The molecule has 0 heterocycles. The molecule has 0 bridgehead atoms. The first kappa shape index (κ1) is 12.4. The van der Waals surface area contributed by atoms with Gasteiger partial charge >= 0.3 is 0 Å². The molecule has 1 N–H and O–H groups in total. The van der Waals surface area contributed by atoms with E-state index in [2.05, 4.69) is 18.7 Å². The minimum atomic E-state index is -0.0375. The van der Waals surface area contributed by atoms with E-state index >= 15 is 0 Å². The maximum atomic E-state index is 10.1. The Kier molecular flexibility index (Phi) is 4.26. The Balaban J connectivity index is 1.79. The Labute approximate surface area is 100 Å². The van der Waals surface area contributed by atoms with Crippen molar-refractivity contribution in [3.05, 3.63) is 0 Å². The maximum absolute atomic E-state index is 10.1.